The van der Waals surface area contributed by atoms with Crippen molar-refractivity contribution in [3.05, 3.63) is 35.4 Å². The van der Waals surface area contributed by atoms with Gasteiger partial charge in [0.2, 0.25) is 0 Å². The molecule has 1 amide bonds. The Morgan fingerprint density at radius 1 is 1.27 bits per heavy atom. The zero-order valence-electron chi connectivity index (χ0n) is 15.0. The van der Waals surface area contributed by atoms with Crippen molar-refractivity contribution in [2.75, 3.05) is 37.7 Å². The number of benzene rings is 1. The molecule has 1 aromatic carbocycles. The van der Waals surface area contributed by atoms with Crippen LogP contribution >= 0.6 is 0 Å². The van der Waals surface area contributed by atoms with Crippen LogP contribution in [0.2, 0.25) is 0 Å². The van der Waals surface area contributed by atoms with Gasteiger partial charge in [-0.3, -0.25) is 9.59 Å². The van der Waals surface area contributed by atoms with E-state index in [-0.39, 0.29) is 17.4 Å². The van der Waals surface area contributed by atoms with Gasteiger partial charge in [0.1, 0.15) is 0 Å². The summed E-state index contributed by atoms with van der Waals surface area (Å²) < 4.78 is 22.9. The number of carbonyl (C=O) groups excluding carboxylic acids is 1. The minimum atomic E-state index is -2.96. The standard InChI is InChI=1S/C16H22N2O3S.C2H4O2/c19-16(18-6-8-22(20,21)9-7-18)15-3-1-2-13(11-15)10-14-4-5-17-12-14;1-2(3)4/h1-3,11,14,17H,4-10,12H2;1H3,(H,3,4). The summed E-state index contributed by atoms with van der Waals surface area (Å²) >= 11 is 0. The van der Waals surface area contributed by atoms with Gasteiger partial charge in [0, 0.05) is 25.6 Å². The van der Waals surface area contributed by atoms with Crippen molar-refractivity contribution in [3.63, 3.8) is 0 Å². The average Bonchev–Trinajstić information content (AvgIpc) is 3.07. The zero-order valence-corrected chi connectivity index (χ0v) is 15.8. The van der Waals surface area contributed by atoms with E-state index >= 15 is 0 Å². The lowest BCUT2D eigenvalue weighted by molar-refractivity contribution is -0.134. The Bertz CT molecular complexity index is 724. The Kier molecular flexibility index (Phi) is 7.16. The average molecular weight is 382 g/mol. The molecule has 0 radical (unpaired) electrons. The minimum Gasteiger partial charge on any atom is -0.481 e. The molecule has 2 fully saturated rings. The van der Waals surface area contributed by atoms with Crippen LogP contribution in [0.5, 0.6) is 0 Å². The lowest BCUT2D eigenvalue weighted by atomic mass is 9.97. The van der Waals surface area contributed by atoms with E-state index in [2.05, 4.69) is 11.4 Å². The van der Waals surface area contributed by atoms with E-state index in [0.717, 1.165) is 26.4 Å². The summed E-state index contributed by atoms with van der Waals surface area (Å²) in [5.74, 6) is -0.0926. The van der Waals surface area contributed by atoms with Crippen LogP contribution in [0.25, 0.3) is 0 Å². The second-order valence-electron chi connectivity index (χ2n) is 6.73. The molecule has 3 rings (SSSR count). The summed E-state index contributed by atoms with van der Waals surface area (Å²) in [6.07, 6.45) is 2.17. The highest BCUT2D eigenvalue weighted by atomic mass is 32.2. The van der Waals surface area contributed by atoms with Gasteiger partial charge in [-0.25, -0.2) is 8.42 Å². The summed E-state index contributed by atoms with van der Waals surface area (Å²) in [7, 11) is -2.96. The number of hydrogen-bond acceptors (Lipinski definition) is 5. The lowest BCUT2D eigenvalue weighted by Crippen LogP contribution is -2.43. The number of aliphatic carboxylic acids is 1. The number of sulfone groups is 1. The van der Waals surface area contributed by atoms with E-state index in [1.165, 1.54) is 12.0 Å². The van der Waals surface area contributed by atoms with Crippen LogP contribution in [0.3, 0.4) is 0 Å². The number of carboxylic acid groups (broad SMARTS) is 1. The van der Waals surface area contributed by atoms with E-state index in [9.17, 15) is 13.2 Å². The molecule has 8 heteroatoms. The molecule has 7 nitrogen and oxygen atoms in total. The number of nitrogens with zero attached hydrogens (tertiary/aromatic N) is 1. The SMILES string of the molecule is CC(=O)O.O=C(c1cccc(CC2CCNC2)c1)N1CCS(=O)(=O)CC1. The second kappa shape index (κ2) is 9.14. The van der Waals surface area contributed by atoms with Crippen molar-refractivity contribution < 1.29 is 23.1 Å². The van der Waals surface area contributed by atoms with Crippen LogP contribution in [0.15, 0.2) is 24.3 Å². The van der Waals surface area contributed by atoms with Crippen molar-refractivity contribution in [2.45, 2.75) is 19.8 Å². The fourth-order valence-corrected chi connectivity index (χ4v) is 4.35. The fourth-order valence-electron chi connectivity index (χ4n) is 3.15. The molecule has 1 unspecified atom stereocenters. The van der Waals surface area contributed by atoms with Crippen LogP contribution in [0, 0.1) is 5.92 Å². The van der Waals surface area contributed by atoms with Crippen molar-refractivity contribution in [2.24, 2.45) is 5.92 Å². The Morgan fingerprint density at radius 3 is 2.50 bits per heavy atom. The highest BCUT2D eigenvalue weighted by Crippen LogP contribution is 2.17. The number of hydrogen-bond donors (Lipinski definition) is 2. The molecule has 1 atom stereocenters. The second-order valence-corrected chi connectivity index (χ2v) is 9.03. The molecule has 2 heterocycles. The van der Waals surface area contributed by atoms with Crippen LogP contribution in [-0.2, 0) is 21.1 Å². The Balaban J connectivity index is 0.000000552. The lowest BCUT2D eigenvalue weighted by Gasteiger charge is -2.27. The fraction of sp³-hybridized carbons (Fsp3) is 0.556. The van der Waals surface area contributed by atoms with E-state index in [4.69, 9.17) is 9.90 Å². The van der Waals surface area contributed by atoms with Crippen LogP contribution in [0.4, 0.5) is 0 Å². The van der Waals surface area contributed by atoms with Gasteiger partial charge in [-0.1, -0.05) is 12.1 Å². The highest BCUT2D eigenvalue weighted by molar-refractivity contribution is 7.91. The zero-order chi connectivity index (χ0) is 19.2. The number of carbonyl (C=O) groups is 2. The Hall–Kier alpha value is -1.93. The first-order valence-electron chi connectivity index (χ1n) is 8.76. The molecule has 0 saturated carbocycles. The quantitative estimate of drug-likeness (QED) is 0.801. The first-order valence-corrected chi connectivity index (χ1v) is 10.6. The van der Waals surface area contributed by atoms with Crippen LogP contribution in [-0.4, -0.2) is 68.0 Å². The van der Waals surface area contributed by atoms with E-state index in [0.29, 0.717) is 24.6 Å². The molecule has 1 aromatic rings. The minimum absolute atomic E-state index is 0.0544. The molecular weight excluding hydrogens is 356 g/mol. The van der Waals surface area contributed by atoms with Crippen molar-refractivity contribution >= 4 is 21.7 Å². The molecule has 2 aliphatic rings. The van der Waals surface area contributed by atoms with E-state index in [1.54, 1.807) is 4.90 Å². The molecule has 0 aromatic heterocycles. The van der Waals surface area contributed by atoms with Gasteiger partial charge in [-0.15, -0.1) is 0 Å². The van der Waals surface area contributed by atoms with Crippen LogP contribution in [0.1, 0.15) is 29.3 Å². The van der Waals surface area contributed by atoms with Crippen LogP contribution < -0.4 is 5.32 Å². The normalized spacial score (nSPS) is 21.6. The molecular formula is C18H26N2O5S. The van der Waals surface area contributed by atoms with Crippen molar-refractivity contribution in [1.82, 2.24) is 10.2 Å². The Labute approximate surface area is 154 Å². The first-order chi connectivity index (χ1) is 12.3. The summed E-state index contributed by atoms with van der Waals surface area (Å²) in [5.41, 5.74) is 1.85. The molecule has 0 aliphatic carbocycles. The maximum absolute atomic E-state index is 12.5. The predicted octanol–water partition coefficient (Wildman–Crippen LogP) is 0.800. The molecule has 0 bridgehead atoms. The molecule has 2 saturated heterocycles. The van der Waals surface area contributed by atoms with Gasteiger partial charge in [-0.2, -0.15) is 0 Å². The summed E-state index contributed by atoms with van der Waals surface area (Å²) in [4.78, 5) is 23.2. The van der Waals surface area contributed by atoms with Gasteiger partial charge in [-0.05, 0) is 49.5 Å². The van der Waals surface area contributed by atoms with Gasteiger partial charge >= 0.3 is 0 Å². The van der Waals surface area contributed by atoms with Gasteiger partial charge in [0.05, 0.1) is 11.5 Å². The number of nitrogens with one attached hydrogen (secondary N) is 1. The summed E-state index contributed by atoms with van der Waals surface area (Å²) in [6, 6.07) is 7.77. The van der Waals surface area contributed by atoms with E-state index in [1.807, 2.05) is 18.2 Å². The predicted molar refractivity (Wildman–Crippen MR) is 99.0 cm³/mol. The number of carboxylic acids is 1. The molecule has 26 heavy (non-hydrogen) atoms. The van der Waals surface area contributed by atoms with Crippen molar-refractivity contribution in [3.8, 4) is 0 Å². The molecule has 144 valence electrons. The van der Waals surface area contributed by atoms with Gasteiger partial charge < -0.3 is 15.3 Å². The third-order valence-electron chi connectivity index (χ3n) is 4.49. The third-order valence-corrected chi connectivity index (χ3v) is 6.10. The Morgan fingerprint density at radius 2 is 1.92 bits per heavy atom. The van der Waals surface area contributed by atoms with Gasteiger partial charge in [0.25, 0.3) is 11.9 Å². The monoisotopic (exact) mass is 382 g/mol. The molecule has 2 N–H and O–H groups in total. The third kappa shape index (κ3) is 6.42. The maximum atomic E-state index is 12.5. The highest BCUT2D eigenvalue weighted by Gasteiger charge is 2.26. The van der Waals surface area contributed by atoms with Crippen molar-refractivity contribution in [1.29, 1.82) is 0 Å². The molecule has 2 aliphatic heterocycles. The van der Waals surface area contributed by atoms with Gasteiger partial charge in [0.15, 0.2) is 9.84 Å². The van der Waals surface area contributed by atoms with E-state index < -0.39 is 15.8 Å². The first kappa shape index (κ1) is 20.4. The topological polar surface area (TPSA) is 104 Å². The maximum Gasteiger partial charge on any atom is 0.300 e. The smallest absolute Gasteiger partial charge is 0.300 e. The number of rotatable bonds is 3. The summed E-state index contributed by atoms with van der Waals surface area (Å²) in [5, 5.41) is 10.8. The summed E-state index contributed by atoms with van der Waals surface area (Å²) in [6.45, 7) is 3.81. The number of amides is 1. The largest absolute Gasteiger partial charge is 0.481 e. The molecule has 0 spiro atoms.